The lowest BCUT2D eigenvalue weighted by Gasteiger charge is -2.08. The minimum Gasteiger partial charge on any atom is -0.415 e. The summed E-state index contributed by atoms with van der Waals surface area (Å²) in [6.07, 6.45) is 1.13. The van der Waals surface area contributed by atoms with Gasteiger partial charge in [-0.05, 0) is 43.3 Å². The third kappa shape index (κ3) is 5.48. The second kappa shape index (κ2) is 10.0. The molecule has 1 N–H and O–H groups in total. The third-order valence-electron chi connectivity index (χ3n) is 4.25. The summed E-state index contributed by atoms with van der Waals surface area (Å²) in [5, 5.41) is 15.7. The third-order valence-corrected chi connectivity index (χ3v) is 4.80. The van der Waals surface area contributed by atoms with Crippen LogP contribution in [0.5, 0.6) is 5.75 Å². The van der Waals surface area contributed by atoms with Crippen molar-refractivity contribution in [2.75, 3.05) is 0 Å². The molecule has 0 aromatic heterocycles. The van der Waals surface area contributed by atoms with Crippen LogP contribution in [0.25, 0.3) is 0 Å². The maximum Gasteiger partial charge on any atom is 0.343 e. The van der Waals surface area contributed by atoms with Gasteiger partial charge >= 0.3 is 11.7 Å². The van der Waals surface area contributed by atoms with Gasteiger partial charge in [-0.2, -0.15) is 5.10 Å². The molecular weight excluding hydrogens is 457 g/mol. The van der Waals surface area contributed by atoms with Gasteiger partial charge in [-0.25, -0.2) is 10.2 Å². The van der Waals surface area contributed by atoms with Crippen LogP contribution in [0.4, 0.5) is 5.69 Å². The van der Waals surface area contributed by atoms with Gasteiger partial charge in [0.25, 0.3) is 5.91 Å². The van der Waals surface area contributed by atoms with Crippen LogP contribution >= 0.6 is 23.2 Å². The van der Waals surface area contributed by atoms with E-state index in [-0.39, 0.29) is 27.5 Å². The van der Waals surface area contributed by atoms with Crippen LogP contribution in [0.3, 0.4) is 0 Å². The number of ether oxygens (including phenoxy) is 1. The summed E-state index contributed by atoms with van der Waals surface area (Å²) in [6, 6.07) is 14.9. The second-order valence-corrected chi connectivity index (χ2v) is 7.38. The van der Waals surface area contributed by atoms with E-state index in [1.54, 1.807) is 24.3 Å². The molecule has 8 nitrogen and oxygen atoms in total. The molecule has 3 aromatic rings. The maximum absolute atomic E-state index is 12.5. The highest BCUT2D eigenvalue weighted by Crippen LogP contribution is 2.31. The summed E-state index contributed by atoms with van der Waals surface area (Å²) < 4.78 is 5.32. The Kier molecular flexibility index (Phi) is 7.19. The molecule has 0 bridgehead atoms. The van der Waals surface area contributed by atoms with Crippen molar-refractivity contribution < 1.29 is 19.2 Å². The van der Waals surface area contributed by atoms with Crippen LogP contribution in [-0.4, -0.2) is 23.0 Å². The lowest BCUT2D eigenvalue weighted by Crippen LogP contribution is -2.18. The number of para-hydroxylation sites is 1. The Morgan fingerprint density at radius 2 is 1.81 bits per heavy atom. The molecule has 3 aromatic carbocycles. The van der Waals surface area contributed by atoms with E-state index >= 15 is 0 Å². The Labute approximate surface area is 192 Å². The van der Waals surface area contributed by atoms with E-state index in [1.165, 1.54) is 36.4 Å². The number of aryl methyl sites for hydroxylation is 1. The average Bonchev–Trinajstić information content (AvgIpc) is 2.74. The predicted molar refractivity (Wildman–Crippen MR) is 121 cm³/mol. The number of esters is 1. The topological polar surface area (TPSA) is 111 Å². The van der Waals surface area contributed by atoms with Crippen molar-refractivity contribution in [3.05, 3.63) is 103 Å². The molecule has 10 heteroatoms. The number of hydrazone groups is 1. The van der Waals surface area contributed by atoms with E-state index in [1.807, 2.05) is 6.92 Å². The Morgan fingerprint density at radius 1 is 1.09 bits per heavy atom. The largest absolute Gasteiger partial charge is 0.415 e. The number of nitrogens with one attached hydrogen (secondary N) is 1. The first kappa shape index (κ1) is 22.9. The van der Waals surface area contributed by atoms with Gasteiger partial charge in [0.1, 0.15) is 0 Å². The summed E-state index contributed by atoms with van der Waals surface area (Å²) in [7, 11) is 0. The van der Waals surface area contributed by atoms with Crippen molar-refractivity contribution in [2.24, 2.45) is 5.10 Å². The van der Waals surface area contributed by atoms with E-state index in [0.29, 0.717) is 5.02 Å². The predicted octanol–water partition coefficient (Wildman–Crippen LogP) is 5.19. The standard InChI is InChI=1S/C22H15Cl2N3O5/c1-13-5-7-14(8-6-13)22(29)32-20-15(3-2-4-19(20)27(30)31)12-25-26-21(28)17-10-9-16(23)11-18(17)24/h2-12H,1H3,(H,26,28)/b25-12+. The molecule has 0 saturated carbocycles. The fourth-order valence-corrected chi connectivity index (χ4v) is 3.13. The molecule has 0 atom stereocenters. The van der Waals surface area contributed by atoms with Gasteiger partial charge in [0.05, 0.1) is 27.3 Å². The number of amides is 1. The smallest absolute Gasteiger partial charge is 0.343 e. The van der Waals surface area contributed by atoms with Gasteiger partial charge in [-0.3, -0.25) is 14.9 Å². The quantitative estimate of drug-likeness (QED) is 0.174. The summed E-state index contributed by atoms with van der Waals surface area (Å²) in [5.41, 5.74) is 3.25. The van der Waals surface area contributed by atoms with Crippen molar-refractivity contribution in [3.8, 4) is 5.75 Å². The first-order valence-electron chi connectivity index (χ1n) is 9.11. The number of hydrogen-bond donors (Lipinski definition) is 1. The number of rotatable bonds is 6. The molecule has 32 heavy (non-hydrogen) atoms. The summed E-state index contributed by atoms with van der Waals surface area (Å²) in [6.45, 7) is 1.86. The van der Waals surface area contributed by atoms with Crippen molar-refractivity contribution in [2.45, 2.75) is 6.92 Å². The van der Waals surface area contributed by atoms with E-state index < -0.39 is 22.5 Å². The molecule has 0 aliphatic carbocycles. The SMILES string of the molecule is Cc1ccc(C(=O)Oc2c(/C=N/NC(=O)c3ccc(Cl)cc3Cl)cccc2[N+](=O)[O-])cc1. The molecule has 1 amide bonds. The molecule has 0 heterocycles. The molecule has 0 fully saturated rings. The highest BCUT2D eigenvalue weighted by Gasteiger charge is 2.22. The van der Waals surface area contributed by atoms with Crippen LogP contribution in [0.15, 0.2) is 65.8 Å². The first-order chi connectivity index (χ1) is 15.3. The number of carbonyl (C=O) groups excluding carboxylic acids is 2. The van der Waals surface area contributed by atoms with Crippen LogP contribution in [-0.2, 0) is 0 Å². The van der Waals surface area contributed by atoms with Gasteiger partial charge < -0.3 is 4.74 Å². The summed E-state index contributed by atoms with van der Waals surface area (Å²) >= 11 is 11.8. The second-order valence-electron chi connectivity index (χ2n) is 6.53. The molecule has 0 spiro atoms. The van der Waals surface area contributed by atoms with Crippen molar-refractivity contribution in [1.82, 2.24) is 5.43 Å². The molecule has 0 unspecified atom stereocenters. The zero-order chi connectivity index (χ0) is 23.3. The number of benzene rings is 3. The molecule has 0 aliphatic heterocycles. The van der Waals surface area contributed by atoms with Crippen LogP contribution in [0, 0.1) is 17.0 Å². The Morgan fingerprint density at radius 3 is 2.47 bits per heavy atom. The molecule has 0 radical (unpaired) electrons. The van der Waals surface area contributed by atoms with Crippen LogP contribution in [0.2, 0.25) is 10.0 Å². The van der Waals surface area contributed by atoms with Crippen molar-refractivity contribution in [1.29, 1.82) is 0 Å². The first-order valence-corrected chi connectivity index (χ1v) is 9.86. The number of nitrogens with zero attached hydrogens (tertiary/aromatic N) is 2. The fourth-order valence-electron chi connectivity index (χ4n) is 2.63. The molecule has 3 rings (SSSR count). The van der Waals surface area contributed by atoms with Gasteiger partial charge in [0, 0.05) is 16.7 Å². The minimum absolute atomic E-state index is 0.113. The highest BCUT2D eigenvalue weighted by molar-refractivity contribution is 6.36. The van der Waals surface area contributed by atoms with Gasteiger partial charge in [-0.15, -0.1) is 0 Å². The molecule has 0 aliphatic rings. The molecule has 0 saturated heterocycles. The minimum atomic E-state index is -0.772. The van der Waals surface area contributed by atoms with E-state index in [4.69, 9.17) is 27.9 Å². The van der Waals surface area contributed by atoms with Gasteiger partial charge in [0.2, 0.25) is 5.75 Å². The van der Waals surface area contributed by atoms with E-state index in [0.717, 1.165) is 11.8 Å². The summed E-state index contributed by atoms with van der Waals surface area (Å²) in [4.78, 5) is 35.5. The summed E-state index contributed by atoms with van der Waals surface area (Å²) in [5.74, 6) is -1.69. The lowest BCUT2D eigenvalue weighted by molar-refractivity contribution is -0.385. The lowest BCUT2D eigenvalue weighted by atomic mass is 10.1. The monoisotopic (exact) mass is 471 g/mol. The van der Waals surface area contributed by atoms with Crippen LogP contribution < -0.4 is 10.2 Å². The molecular formula is C22H15Cl2N3O5. The van der Waals surface area contributed by atoms with E-state index in [2.05, 4.69) is 10.5 Å². The fraction of sp³-hybridized carbons (Fsp3) is 0.0455. The maximum atomic E-state index is 12.5. The number of nitro benzene ring substituents is 1. The van der Waals surface area contributed by atoms with Gasteiger partial charge in [0.15, 0.2) is 0 Å². The number of halogens is 2. The van der Waals surface area contributed by atoms with Crippen molar-refractivity contribution >= 4 is 47.0 Å². The normalized spacial score (nSPS) is 10.7. The number of hydrogen-bond acceptors (Lipinski definition) is 6. The Bertz CT molecular complexity index is 1230. The Hall–Kier alpha value is -3.75. The van der Waals surface area contributed by atoms with E-state index in [9.17, 15) is 19.7 Å². The number of nitro groups is 1. The molecule has 162 valence electrons. The van der Waals surface area contributed by atoms with Crippen molar-refractivity contribution in [3.63, 3.8) is 0 Å². The van der Waals surface area contributed by atoms with Crippen LogP contribution in [0.1, 0.15) is 31.8 Å². The zero-order valence-electron chi connectivity index (χ0n) is 16.5. The number of carbonyl (C=O) groups is 2. The zero-order valence-corrected chi connectivity index (χ0v) is 18.1. The van der Waals surface area contributed by atoms with Gasteiger partial charge in [-0.1, -0.05) is 47.0 Å². The Balaban J connectivity index is 1.85. The highest BCUT2D eigenvalue weighted by atomic mass is 35.5. The average molecular weight is 472 g/mol.